The number of carbonyl (C=O) groups is 5. The molecule has 4 rings (SSSR count). The SMILES string of the molecule is CC.Nc1nc2ncc(CNc3ccc(C(=O)NC(CCC(=O)NCCNC(=O)CCOCCOCCNC(=O)c4ccccc4)C(=O)O)cc3)nc2c(=O)[nH]1. The smallest absolute Gasteiger partial charge is 0.326 e. The Hall–Kier alpha value is -6.47. The summed E-state index contributed by atoms with van der Waals surface area (Å²) in [5.41, 5.74) is 7.03. The highest BCUT2D eigenvalue weighted by molar-refractivity contribution is 5.97. The van der Waals surface area contributed by atoms with Gasteiger partial charge in [0.2, 0.25) is 17.8 Å². The monoisotopic (exact) mass is 776 g/mol. The molecular weight excluding hydrogens is 728 g/mol. The summed E-state index contributed by atoms with van der Waals surface area (Å²) in [6.07, 6.45) is 1.24. The van der Waals surface area contributed by atoms with Crippen LogP contribution >= 0.6 is 0 Å². The zero-order valence-electron chi connectivity index (χ0n) is 31.3. The third-order valence-corrected chi connectivity index (χ3v) is 7.55. The summed E-state index contributed by atoms with van der Waals surface area (Å²) in [6.45, 7) is 5.94. The molecule has 0 aliphatic rings. The van der Waals surface area contributed by atoms with Crippen LogP contribution in [-0.4, -0.2) is 107 Å². The van der Waals surface area contributed by atoms with Gasteiger partial charge in [-0.05, 0) is 42.8 Å². The number of aromatic amines is 1. The molecule has 9 N–H and O–H groups in total. The Kier molecular flexibility index (Phi) is 18.9. The number of hydrogen-bond donors (Lipinski definition) is 8. The number of aromatic nitrogens is 4. The molecular formula is C37H48N10O9. The topological polar surface area (TPSA) is 282 Å². The summed E-state index contributed by atoms with van der Waals surface area (Å²) in [5, 5.41) is 23.1. The molecule has 19 nitrogen and oxygen atoms in total. The minimum Gasteiger partial charge on any atom is -0.480 e. The summed E-state index contributed by atoms with van der Waals surface area (Å²) >= 11 is 0. The minimum absolute atomic E-state index is 0.0447. The molecule has 0 saturated heterocycles. The quantitative estimate of drug-likeness (QED) is 0.0517. The number of H-pyrrole nitrogens is 1. The zero-order valence-corrected chi connectivity index (χ0v) is 31.3. The van der Waals surface area contributed by atoms with Crippen LogP contribution in [0.5, 0.6) is 0 Å². The lowest BCUT2D eigenvalue weighted by Gasteiger charge is -2.15. The number of fused-ring (bicyclic) bond motifs is 1. The Morgan fingerprint density at radius 1 is 0.786 bits per heavy atom. The summed E-state index contributed by atoms with van der Waals surface area (Å²) < 4.78 is 10.8. The summed E-state index contributed by atoms with van der Waals surface area (Å²) in [6, 6.07) is 13.8. The molecule has 1 unspecified atom stereocenters. The number of carboxylic acids is 1. The molecule has 300 valence electrons. The molecule has 4 aromatic rings. The van der Waals surface area contributed by atoms with E-state index in [0.29, 0.717) is 36.7 Å². The number of amides is 4. The van der Waals surface area contributed by atoms with Crippen molar-refractivity contribution in [3.63, 3.8) is 0 Å². The fraction of sp³-hybridized carbons (Fsp3) is 0.378. The van der Waals surface area contributed by atoms with Crippen LogP contribution in [0.25, 0.3) is 11.2 Å². The van der Waals surface area contributed by atoms with Gasteiger partial charge in [0.1, 0.15) is 6.04 Å². The molecule has 0 saturated carbocycles. The van der Waals surface area contributed by atoms with Crippen molar-refractivity contribution in [2.75, 3.05) is 57.1 Å². The third-order valence-electron chi connectivity index (χ3n) is 7.55. The number of aliphatic carboxylic acids is 1. The van der Waals surface area contributed by atoms with Crippen LogP contribution in [-0.2, 0) is 30.4 Å². The Bertz CT molecular complexity index is 1940. The average Bonchev–Trinajstić information content (AvgIpc) is 3.20. The lowest BCUT2D eigenvalue weighted by Crippen LogP contribution is -2.42. The number of carbonyl (C=O) groups excluding carboxylic acids is 4. The van der Waals surface area contributed by atoms with E-state index in [1.807, 2.05) is 19.9 Å². The molecule has 0 spiro atoms. The largest absolute Gasteiger partial charge is 0.480 e. The first-order valence-electron chi connectivity index (χ1n) is 18.0. The minimum atomic E-state index is -1.31. The first-order chi connectivity index (χ1) is 27.1. The van der Waals surface area contributed by atoms with Gasteiger partial charge in [-0.25, -0.2) is 14.8 Å². The van der Waals surface area contributed by atoms with Crippen LogP contribution < -0.4 is 37.9 Å². The van der Waals surface area contributed by atoms with Gasteiger partial charge in [0.15, 0.2) is 11.2 Å². The zero-order chi connectivity index (χ0) is 40.7. The van der Waals surface area contributed by atoms with Gasteiger partial charge in [0, 0.05) is 49.3 Å². The van der Waals surface area contributed by atoms with Crippen molar-refractivity contribution in [2.45, 2.75) is 45.7 Å². The molecule has 0 aliphatic carbocycles. The number of ether oxygens (including phenoxy) is 2. The maximum absolute atomic E-state index is 12.7. The Morgan fingerprint density at radius 3 is 2.11 bits per heavy atom. The number of anilines is 2. The summed E-state index contributed by atoms with van der Waals surface area (Å²) in [5.74, 6) is -2.88. The maximum Gasteiger partial charge on any atom is 0.326 e. The van der Waals surface area contributed by atoms with Gasteiger partial charge < -0.3 is 46.9 Å². The summed E-state index contributed by atoms with van der Waals surface area (Å²) in [7, 11) is 0. The van der Waals surface area contributed by atoms with E-state index >= 15 is 0 Å². The fourth-order valence-corrected chi connectivity index (χ4v) is 4.76. The number of rotatable bonds is 22. The van der Waals surface area contributed by atoms with Crippen molar-refractivity contribution in [2.24, 2.45) is 0 Å². The normalized spacial score (nSPS) is 11.0. The first-order valence-corrected chi connectivity index (χ1v) is 18.0. The van der Waals surface area contributed by atoms with Crippen LogP contribution in [0.1, 0.15) is 59.5 Å². The molecule has 2 aromatic heterocycles. The summed E-state index contributed by atoms with van der Waals surface area (Å²) in [4.78, 5) is 87.5. The van der Waals surface area contributed by atoms with E-state index in [4.69, 9.17) is 15.2 Å². The van der Waals surface area contributed by atoms with E-state index in [1.54, 1.807) is 36.4 Å². The maximum atomic E-state index is 12.7. The number of carboxylic acid groups (broad SMARTS) is 1. The van der Waals surface area contributed by atoms with Crippen LogP contribution in [0, 0.1) is 0 Å². The van der Waals surface area contributed by atoms with Crippen LogP contribution in [0.15, 0.2) is 65.6 Å². The Balaban J connectivity index is 0.00000414. The van der Waals surface area contributed by atoms with E-state index in [-0.39, 0.29) is 86.6 Å². The lowest BCUT2D eigenvalue weighted by atomic mass is 10.1. The van der Waals surface area contributed by atoms with E-state index in [2.05, 4.69) is 46.5 Å². The van der Waals surface area contributed by atoms with Crippen LogP contribution in [0.3, 0.4) is 0 Å². The predicted molar refractivity (Wildman–Crippen MR) is 207 cm³/mol. The number of nitrogens with zero attached hydrogens (tertiary/aromatic N) is 3. The lowest BCUT2D eigenvalue weighted by molar-refractivity contribution is -0.139. The van der Waals surface area contributed by atoms with E-state index < -0.39 is 29.4 Å². The van der Waals surface area contributed by atoms with Gasteiger partial charge in [-0.1, -0.05) is 32.0 Å². The number of nitrogens with two attached hydrogens (primary N) is 1. The molecule has 1 atom stereocenters. The van der Waals surface area contributed by atoms with Crippen molar-refractivity contribution in [1.29, 1.82) is 0 Å². The molecule has 19 heteroatoms. The van der Waals surface area contributed by atoms with Crippen molar-refractivity contribution < 1.29 is 38.6 Å². The van der Waals surface area contributed by atoms with Gasteiger partial charge in [-0.3, -0.25) is 29.0 Å². The van der Waals surface area contributed by atoms with Crippen molar-refractivity contribution in [3.8, 4) is 0 Å². The second-order valence-corrected chi connectivity index (χ2v) is 11.6. The number of nitrogens with one attached hydrogen (secondary N) is 6. The third kappa shape index (κ3) is 15.5. The van der Waals surface area contributed by atoms with Gasteiger partial charge in [0.25, 0.3) is 17.4 Å². The van der Waals surface area contributed by atoms with Crippen molar-refractivity contribution in [3.05, 3.63) is 88.0 Å². The molecule has 0 radical (unpaired) electrons. The van der Waals surface area contributed by atoms with Crippen LogP contribution in [0.2, 0.25) is 0 Å². The standard InChI is InChI=1S/C35H42N10O9.C2H6/c36-35-44-30-29(33(50)45-35)42-25(21-41-30)20-40-24-8-6-23(7-9-24)32(49)43-26(34(51)52)10-11-27(46)37-13-14-38-28(47)12-16-53-18-19-54-17-15-39-31(48)22-4-2-1-3-5-22;1-2/h1-9,21,26,40H,10-20H2,(H,37,46)(H,38,47)(H,39,48)(H,43,49)(H,51,52)(H3,36,41,44,45,50);1-2H3. The first kappa shape index (κ1) is 43.9. The van der Waals surface area contributed by atoms with Gasteiger partial charge in [-0.15, -0.1) is 0 Å². The fourth-order valence-electron chi connectivity index (χ4n) is 4.76. The molecule has 2 heterocycles. The number of benzene rings is 2. The Labute approximate surface area is 322 Å². The van der Waals surface area contributed by atoms with Crippen LogP contribution in [0.4, 0.5) is 11.6 Å². The van der Waals surface area contributed by atoms with E-state index in [9.17, 15) is 33.9 Å². The van der Waals surface area contributed by atoms with E-state index in [0.717, 1.165) is 0 Å². The second kappa shape index (κ2) is 24.0. The number of nitrogen functional groups attached to an aromatic ring is 1. The van der Waals surface area contributed by atoms with Crippen molar-refractivity contribution in [1.82, 2.24) is 41.2 Å². The second-order valence-electron chi connectivity index (χ2n) is 11.6. The molecule has 56 heavy (non-hydrogen) atoms. The molecule has 2 aromatic carbocycles. The molecule has 0 fully saturated rings. The molecule has 0 aliphatic heterocycles. The highest BCUT2D eigenvalue weighted by atomic mass is 16.5. The molecule has 0 bridgehead atoms. The predicted octanol–water partition coefficient (Wildman–Crippen LogP) is 0.983. The highest BCUT2D eigenvalue weighted by Gasteiger charge is 2.22. The number of hydrogen-bond acceptors (Lipinski definition) is 13. The van der Waals surface area contributed by atoms with Crippen molar-refractivity contribution >= 4 is 52.4 Å². The van der Waals surface area contributed by atoms with Gasteiger partial charge >= 0.3 is 5.97 Å². The van der Waals surface area contributed by atoms with Gasteiger partial charge in [-0.2, -0.15) is 4.98 Å². The van der Waals surface area contributed by atoms with E-state index in [1.165, 1.54) is 18.3 Å². The Morgan fingerprint density at radius 2 is 1.43 bits per heavy atom. The van der Waals surface area contributed by atoms with Gasteiger partial charge in [0.05, 0.1) is 44.9 Å². The average molecular weight is 777 g/mol. The highest BCUT2D eigenvalue weighted by Crippen LogP contribution is 2.12. The molecule has 4 amide bonds.